The number of benzene rings is 2. The average molecular weight is 382 g/mol. The van der Waals surface area contributed by atoms with Crippen molar-refractivity contribution in [2.75, 3.05) is 41.3 Å². The summed E-state index contributed by atoms with van der Waals surface area (Å²) in [5, 5.41) is 3.54. The van der Waals surface area contributed by atoms with Crippen LogP contribution in [-0.4, -0.2) is 26.2 Å². The Bertz CT molecular complexity index is 699. The number of anilines is 4. The van der Waals surface area contributed by atoms with Crippen LogP contribution in [0.2, 0.25) is 0 Å². The van der Waals surface area contributed by atoms with E-state index < -0.39 is 0 Å². The molecule has 4 nitrogen and oxygen atoms in total. The summed E-state index contributed by atoms with van der Waals surface area (Å²) in [5.74, 6) is 1.83. The fraction of sp³-hybridized carbons (Fsp3) is 0.500. The third-order valence-electron chi connectivity index (χ3n) is 5.12. The largest absolute Gasteiger partial charge is 0.453 e. The van der Waals surface area contributed by atoms with Gasteiger partial charge in [-0.05, 0) is 49.9 Å². The first-order valence-electron chi connectivity index (χ1n) is 10.9. The van der Waals surface area contributed by atoms with Crippen LogP contribution in [0.4, 0.5) is 22.7 Å². The molecule has 0 saturated carbocycles. The van der Waals surface area contributed by atoms with Crippen molar-refractivity contribution >= 4 is 22.7 Å². The Kier molecular flexibility index (Phi) is 7.07. The highest BCUT2D eigenvalue weighted by Crippen LogP contribution is 2.44. The van der Waals surface area contributed by atoms with E-state index in [4.69, 9.17) is 4.74 Å². The van der Waals surface area contributed by atoms with E-state index in [0.717, 1.165) is 74.7 Å². The standard InChI is InChI=1S/C24H35N3O/c1-5-13-26(14-6-2)19-9-11-21-23(17-19)28-24-18-20(10-12-22(24)25-21)27(15-7-3)16-8-4/h9-12,17-18,25H,5-8,13-16H2,1-4H3. The van der Waals surface area contributed by atoms with Crippen molar-refractivity contribution in [3.63, 3.8) is 0 Å². The summed E-state index contributed by atoms with van der Waals surface area (Å²) in [6.45, 7) is 13.2. The number of nitrogens with one attached hydrogen (secondary N) is 1. The summed E-state index contributed by atoms with van der Waals surface area (Å²) in [7, 11) is 0. The van der Waals surface area contributed by atoms with Crippen molar-refractivity contribution in [3.8, 4) is 11.5 Å². The molecule has 152 valence electrons. The van der Waals surface area contributed by atoms with E-state index >= 15 is 0 Å². The van der Waals surface area contributed by atoms with Gasteiger partial charge in [-0.1, -0.05) is 27.7 Å². The molecule has 0 saturated heterocycles. The zero-order chi connectivity index (χ0) is 19.9. The van der Waals surface area contributed by atoms with Gasteiger partial charge in [0, 0.05) is 49.7 Å². The molecule has 0 radical (unpaired) electrons. The maximum atomic E-state index is 6.36. The summed E-state index contributed by atoms with van der Waals surface area (Å²) in [4.78, 5) is 4.89. The van der Waals surface area contributed by atoms with Crippen LogP contribution in [0.15, 0.2) is 36.4 Å². The topological polar surface area (TPSA) is 27.7 Å². The molecule has 0 aliphatic carbocycles. The SMILES string of the molecule is CCCN(CCC)c1ccc2c(c1)Oc1cc(N(CCC)CCC)ccc1N2. The van der Waals surface area contributed by atoms with Gasteiger partial charge < -0.3 is 19.9 Å². The van der Waals surface area contributed by atoms with Crippen LogP contribution in [0.1, 0.15) is 53.4 Å². The van der Waals surface area contributed by atoms with Crippen molar-refractivity contribution in [1.29, 1.82) is 0 Å². The molecule has 0 atom stereocenters. The number of hydrogen-bond donors (Lipinski definition) is 1. The van der Waals surface area contributed by atoms with Crippen LogP contribution >= 0.6 is 0 Å². The van der Waals surface area contributed by atoms with Crippen LogP contribution in [0.25, 0.3) is 0 Å². The molecule has 28 heavy (non-hydrogen) atoms. The van der Waals surface area contributed by atoms with Gasteiger partial charge in [0.15, 0.2) is 11.5 Å². The third-order valence-corrected chi connectivity index (χ3v) is 5.12. The van der Waals surface area contributed by atoms with Gasteiger partial charge in [0.2, 0.25) is 0 Å². The Morgan fingerprint density at radius 3 is 1.39 bits per heavy atom. The molecule has 0 aromatic heterocycles. The van der Waals surface area contributed by atoms with Gasteiger partial charge in [0.05, 0.1) is 11.4 Å². The zero-order valence-electron chi connectivity index (χ0n) is 17.9. The molecular formula is C24H35N3O. The smallest absolute Gasteiger partial charge is 0.153 e. The molecule has 0 unspecified atom stereocenters. The van der Waals surface area contributed by atoms with Crippen LogP contribution in [-0.2, 0) is 0 Å². The van der Waals surface area contributed by atoms with E-state index in [1.54, 1.807) is 0 Å². The molecule has 2 aromatic rings. The van der Waals surface area contributed by atoms with Crippen LogP contribution in [0.3, 0.4) is 0 Å². The maximum absolute atomic E-state index is 6.36. The number of ether oxygens (including phenoxy) is 1. The second-order valence-electron chi connectivity index (χ2n) is 7.56. The summed E-state index contributed by atoms with van der Waals surface area (Å²) in [5.41, 5.74) is 4.55. The van der Waals surface area contributed by atoms with Gasteiger partial charge >= 0.3 is 0 Å². The number of fused-ring (bicyclic) bond motifs is 2. The molecular weight excluding hydrogens is 346 g/mol. The summed E-state index contributed by atoms with van der Waals surface area (Å²) in [6.07, 6.45) is 4.58. The summed E-state index contributed by atoms with van der Waals surface area (Å²) >= 11 is 0. The lowest BCUT2D eigenvalue weighted by Crippen LogP contribution is -2.25. The first-order valence-corrected chi connectivity index (χ1v) is 10.9. The van der Waals surface area contributed by atoms with E-state index in [-0.39, 0.29) is 0 Å². The lowest BCUT2D eigenvalue weighted by Gasteiger charge is -2.29. The van der Waals surface area contributed by atoms with Crippen LogP contribution in [0, 0.1) is 0 Å². The molecule has 1 aliphatic rings. The molecule has 2 aromatic carbocycles. The fourth-order valence-corrected chi connectivity index (χ4v) is 3.87. The quantitative estimate of drug-likeness (QED) is 0.418. The minimum absolute atomic E-state index is 0.914. The number of rotatable bonds is 10. The molecule has 0 spiro atoms. The van der Waals surface area contributed by atoms with E-state index in [9.17, 15) is 0 Å². The minimum Gasteiger partial charge on any atom is -0.453 e. The molecule has 1 heterocycles. The summed E-state index contributed by atoms with van der Waals surface area (Å²) < 4.78 is 6.36. The predicted octanol–water partition coefficient (Wildman–Crippen LogP) is 6.79. The maximum Gasteiger partial charge on any atom is 0.153 e. The molecule has 0 amide bonds. The van der Waals surface area contributed by atoms with E-state index in [2.05, 4.69) is 79.2 Å². The first-order chi connectivity index (χ1) is 13.7. The zero-order valence-corrected chi connectivity index (χ0v) is 17.9. The van der Waals surface area contributed by atoms with Gasteiger partial charge in [0.25, 0.3) is 0 Å². The molecule has 0 fully saturated rings. The Balaban J connectivity index is 1.85. The van der Waals surface area contributed by atoms with E-state index in [1.165, 1.54) is 11.4 Å². The minimum atomic E-state index is 0.914. The monoisotopic (exact) mass is 381 g/mol. The second kappa shape index (κ2) is 9.72. The molecule has 1 aliphatic heterocycles. The molecule has 4 heteroatoms. The van der Waals surface area contributed by atoms with Gasteiger partial charge in [-0.3, -0.25) is 0 Å². The van der Waals surface area contributed by atoms with Gasteiger partial charge in [-0.15, -0.1) is 0 Å². The van der Waals surface area contributed by atoms with Crippen molar-refractivity contribution in [3.05, 3.63) is 36.4 Å². The Hall–Kier alpha value is -2.36. The van der Waals surface area contributed by atoms with Crippen molar-refractivity contribution in [2.45, 2.75) is 53.4 Å². The first kappa shape index (κ1) is 20.4. The Morgan fingerprint density at radius 1 is 0.643 bits per heavy atom. The third kappa shape index (κ3) is 4.54. The van der Waals surface area contributed by atoms with Crippen molar-refractivity contribution in [2.24, 2.45) is 0 Å². The van der Waals surface area contributed by atoms with Gasteiger partial charge in [-0.25, -0.2) is 0 Å². The lowest BCUT2D eigenvalue weighted by molar-refractivity contribution is 0.481. The predicted molar refractivity (Wildman–Crippen MR) is 122 cm³/mol. The molecule has 0 bridgehead atoms. The Labute approximate surface area is 170 Å². The van der Waals surface area contributed by atoms with Gasteiger partial charge in [0.1, 0.15) is 0 Å². The highest BCUT2D eigenvalue weighted by Gasteiger charge is 2.19. The van der Waals surface area contributed by atoms with E-state index in [1.807, 2.05) is 0 Å². The fourth-order valence-electron chi connectivity index (χ4n) is 3.87. The normalized spacial score (nSPS) is 11.9. The van der Waals surface area contributed by atoms with E-state index in [0.29, 0.717) is 0 Å². The second-order valence-corrected chi connectivity index (χ2v) is 7.56. The molecule has 1 N–H and O–H groups in total. The number of hydrogen-bond acceptors (Lipinski definition) is 4. The highest BCUT2D eigenvalue weighted by molar-refractivity contribution is 5.79. The van der Waals surface area contributed by atoms with Gasteiger partial charge in [-0.2, -0.15) is 0 Å². The average Bonchev–Trinajstić information content (AvgIpc) is 2.71. The van der Waals surface area contributed by atoms with Crippen LogP contribution in [0.5, 0.6) is 11.5 Å². The van der Waals surface area contributed by atoms with Crippen LogP contribution < -0.4 is 19.9 Å². The lowest BCUT2D eigenvalue weighted by atomic mass is 10.1. The summed E-state index contributed by atoms with van der Waals surface area (Å²) in [6, 6.07) is 13.0. The van der Waals surface area contributed by atoms with Crippen molar-refractivity contribution < 1.29 is 4.74 Å². The highest BCUT2D eigenvalue weighted by atomic mass is 16.5. The Morgan fingerprint density at radius 2 is 1.04 bits per heavy atom. The number of nitrogens with zero attached hydrogens (tertiary/aromatic N) is 2. The molecule has 3 rings (SSSR count). The van der Waals surface area contributed by atoms with Crippen molar-refractivity contribution in [1.82, 2.24) is 0 Å².